The van der Waals surface area contributed by atoms with E-state index in [0.717, 1.165) is 32.9 Å². The van der Waals surface area contributed by atoms with Crippen molar-refractivity contribution in [2.75, 3.05) is 0 Å². The van der Waals surface area contributed by atoms with Gasteiger partial charge < -0.3 is 41.2 Å². The number of fused-ring (bicyclic) bond motifs is 2. The fourth-order valence-electron chi connectivity index (χ4n) is 3.24. The molecule has 31 heavy (non-hydrogen) atoms. The minimum absolute atomic E-state index is 0. The van der Waals surface area contributed by atoms with Crippen LogP contribution in [0.25, 0.3) is 21.8 Å². The molecule has 156 valence electrons. The summed E-state index contributed by atoms with van der Waals surface area (Å²) in [7, 11) is 0. The van der Waals surface area contributed by atoms with Crippen LogP contribution in [0.4, 0.5) is 0 Å². The molecular formula is C22H22CaN4O4. The molecule has 0 fully saturated rings. The number of para-hydroxylation sites is 2. The Balaban J connectivity index is 0.000000213. The number of aromatic amines is 2. The Morgan fingerprint density at radius 2 is 1.10 bits per heavy atom. The van der Waals surface area contributed by atoms with E-state index in [4.69, 9.17) is 11.5 Å². The van der Waals surface area contributed by atoms with Crippen molar-refractivity contribution in [3.05, 3.63) is 72.1 Å². The normalized spacial score (nSPS) is 12.5. The first-order chi connectivity index (χ1) is 14.4. The van der Waals surface area contributed by atoms with Crippen LogP contribution in [0.3, 0.4) is 0 Å². The number of rotatable bonds is 6. The minimum atomic E-state index is -1.22. The van der Waals surface area contributed by atoms with Gasteiger partial charge >= 0.3 is 37.7 Å². The summed E-state index contributed by atoms with van der Waals surface area (Å²) in [5, 5.41) is 23.0. The van der Waals surface area contributed by atoms with Gasteiger partial charge in [0.25, 0.3) is 0 Å². The van der Waals surface area contributed by atoms with E-state index in [-0.39, 0.29) is 50.6 Å². The molecule has 2 atom stereocenters. The number of carbonyl (C=O) groups is 2. The maximum Gasteiger partial charge on any atom is 2.00 e. The van der Waals surface area contributed by atoms with Crippen molar-refractivity contribution in [2.45, 2.75) is 24.9 Å². The maximum absolute atomic E-state index is 10.5. The average molecular weight is 447 g/mol. The predicted octanol–water partition coefficient (Wildman–Crippen LogP) is -0.806. The Morgan fingerprint density at radius 3 is 1.45 bits per heavy atom. The van der Waals surface area contributed by atoms with Crippen LogP contribution in [-0.4, -0.2) is 71.7 Å². The van der Waals surface area contributed by atoms with Crippen LogP contribution in [0.1, 0.15) is 11.1 Å². The molecule has 0 aliphatic rings. The van der Waals surface area contributed by atoms with E-state index >= 15 is 0 Å². The van der Waals surface area contributed by atoms with Crippen LogP contribution in [0.5, 0.6) is 0 Å². The zero-order valence-electron chi connectivity index (χ0n) is 16.8. The van der Waals surface area contributed by atoms with Crippen molar-refractivity contribution >= 4 is 71.5 Å². The van der Waals surface area contributed by atoms with Gasteiger partial charge in [-0.05, 0) is 36.1 Å². The van der Waals surface area contributed by atoms with Crippen LogP contribution in [-0.2, 0) is 22.4 Å². The van der Waals surface area contributed by atoms with E-state index in [9.17, 15) is 19.8 Å². The molecule has 2 aromatic heterocycles. The number of aromatic nitrogens is 2. The smallest absolute Gasteiger partial charge is 0.548 e. The van der Waals surface area contributed by atoms with Crippen molar-refractivity contribution in [2.24, 2.45) is 11.5 Å². The second-order valence-electron chi connectivity index (χ2n) is 6.98. The molecule has 0 amide bonds. The van der Waals surface area contributed by atoms with Crippen LogP contribution in [0, 0.1) is 0 Å². The number of carbonyl (C=O) groups excluding carboxylic acids is 2. The van der Waals surface area contributed by atoms with Crippen molar-refractivity contribution in [1.29, 1.82) is 0 Å². The summed E-state index contributed by atoms with van der Waals surface area (Å²) in [6.07, 6.45) is 4.14. The van der Waals surface area contributed by atoms with Gasteiger partial charge in [-0.2, -0.15) is 0 Å². The molecule has 0 bridgehead atoms. The molecule has 2 heterocycles. The summed E-state index contributed by atoms with van der Waals surface area (Å²) in [6, 6.07) is 13.5. The minimum Gasteiger partial charge on any atom is -0.548 e. The van der Waals surface area contributed by atoms with E-state index in [0.29, 0.717) is 0 Å². The standard InChI is InChI=1S/2C11H12N2O2.Ca/c2*12-9(11(14)15)5-7-6-13-10-4-2-1-3-8(7)10;/h2*1-4,6,9,13H,5,12H2,(H,14,15);/q;;+2/p-2. The SMILES string of the molecule is NC(Cc1c[nH]c2ccccc12)C(=O)[O-].NC(Cc1c[nH]c2ccccc12)C(=O)[O-].[Ca+2]. The van der Waals surface area contributed by atoms with Gasteiger partial charge in [-0.25, -0.2) is 0 Å². The van der Waals surface area contributed by atoms with Crippen LogP contribution in [0.15, 0.2) is 60.9 Å². The fourth-order valence-corrected chi connectivity index (χ4v) is 3.24. The number of benzene rings is 2. The monoisotopic (exact) mass is 446 g/mol. The summed E-state index contributed by atoms with van der Waals surface area (Å²) < 4.78 is 0. The van der Waals surface area contributed by atoms with E-state index in [1.807, 2.05) is 48.5 Å². The second kappa shape index (κ2) is 11.3. The Morgan fingerprint density at radius 1 is 0.742 bits per heavy atom. The third-order valence-corrected chi connectivity index (χ3v) is 4.83. The van der Waals surface area contributed by atoms with Gasteiger partial charge in [0, 0.05) is 46.3 Å². The first-order valence-corrected chi connectivity index (χ1v) is 9.39. The summed E-state index contributed by atoms with van der Waals surface area (Å²) in [5.74, 6) is -2.44. The molecule has 0 aliphatic carbocycles. The number of nitrogens with two attached hydrogens (primary N) is 2. The number of hydrogen-bond donors (Lipinski definition) is 4. The van der Waals surface area contributed by atoms with Gasteiger partial charge in [0.2, 0.25) is 0 Å². The molecule has 9 heteroatoms. The van der Waals surface area contributed by atoms with Gasteiger partial charge in [-0.15, -0.1) is 0 Å². The summed E-state index contributed by atoms with van der Waals surface area (Å²) in [5.41, 5.74) is 14.6. The predicted molar refractivity (Wildman–Crippen MR) is 116 cm³/mol. The third kappa shape index (κ3) is 6.32. The Hall–Kier alpha value is -2.36. The number of carboxylic acids is 2. The van der Waals surface area contributed by atoms with E-state index in [1.165, 1.54) is 0 Å². The van der Waals surface area contributed by atoms with Gasteiger partial charge in [-0.1, -0.05) is 36.4 Å². The summed E-state index contributed by atoms with van der Waals surface area (Å²) in [4.78, 5) is 27.2. The van der Waals surface area contributed by atoms with E-state index in [1.54, 1.807) is 12.4 Å². The molecule has 0 radical (unpaired) electrons. The Labute approximate surface area is 208 Å². The van der Waals surface area contributed by atoms with Crippen LogP contribution < -0.4 is 21.7 Å². The number of carboxylic acid groups (broad SMARTS) is 2. The average Bonchev–Trinajstić information content (AvgIpc) is 3.33. The molecule has 6 N–H and O–H groups in total. The number of hydrogen-bond acceptors (Lipinski definition) is 6. The summed E-state index contributed by atoms with van der Waals surface area (Å²) >= 11 is 0. The van der Waals surface area contributed by atoms with Crippen molar-refractivity contribution in [1.82, 2.24) is 9.97 Å². The first-order valence-electron chi connectivity index (χ1n) is 9.39. The first kappa shape index (κ1) is 24.9. The van der Waals surface area contributed by atoms with Crippen LogP contribution in [0.2, 0.25) is 0 Å². The molecule has 4 aromatic rings. The van der Waals surface area contributed by atoms with Gasteiger partial charge in [-0.3, -0.25) is 0 Å². The fraction of sp³-hybridized carbons (Fsp3) is 0.182. The molecule has 0 saturated heterocycles. The molecule has 4 rings (SSSR count). The molecule has 2 unspecified atom stereocenters. The zero-order valence-corrected chi connectivity index (χ0v) is 19.0. The topological polar surface area (TPSA) is 164 Å². The Kier molecular flexibility index (Phi) is 9.09. The molecular weight excluding hydrogens is 424 g/mol. The zero-order chi connectivity index (χ0) is 21.7. The largest absolute Gasteiger partial charge is 2.00 e. The Bertz CT molecular complexity index is 1080. The molecule has 0 saturated carbocycles. The molecule has 8 nitrogen and oxygen atoms in total. The van der Waals surface area contributed by atoms with Crippen molar-refractivity contribution < 1.29 is 19.8 Å². The van der Waals surface area contributed by atoms with E-state index < -0.39 is 24.0 Å². The number of H-pyrrole nitrogens is 2. The maximum atomic E-state index is 10.5. The number of nitrogens with one attached hydrogen (secondary N) is 2. The number of aliphatic carboxylic acids is 2. The molecule has 0 spiro atoms. The van der Waals surface area contributed by atoms with Crippen molar-refractivity contribution in [3.8, 4) is 0 Å². The van der Waals surface area contributed by atoms with Crippen molar-refractivity contribution in [3.63, 3.8) is 0 Å². The summed E-state index contributed by atoms with van der Waals surface area (Å²) in [6.45, 7) is 0. The molecule has 2 aromatic carbocycles. The van der Waals surface area contributed by atoms with Crippen LogP contribution >= 0.6 is 0 Å². The second-order valence-corrected chi connectivity index (χ2v) is 6.98. The quantitative estimate of drug-likeness (QED) is 0.283. The third-order valence-electron chi connectivity index (χ3n) is 4.83. The molecule has 0 aliphatic heterocycles. The van der Waals surface area contributed by atoms with Gasteiger partial charge in [0.05, 0.1) is 11.9 Å². The van der Waals surface area contributed by atoms with Gasteiger partial charge in [0.1, 0.15) is 0 Å². The van der Waals surface area contributed by atoms with Gasteiger partial charge in [0.15, 0.2) is 0 Å². The van der Waals surface area contributed by atoms with E-state index in [2.05, 4.69) is 9.97 Å².